The number of carbonyl (C=O) groups excluding carboxylic acids is 2. The summed E-state index contributed by atoms with van der Waals surface area (Å²) in [6, 6.07) is 11.5. The van der Waals surface area contributed by atoms with Crippen LogP contribution in [0.2, 0.25) is 0 Å². The zero-order chi connectivity index (χ0) is 26.0. The average Bonchev–Trinajstić information content (AvgIpc) is 2.81. The van der Waals surface area contributed by atoms with Crippen LogP contribution < -0.4 is 10.0 Å². The largest absolute Gasteiger partial charge is 0.354 e. The molecule has 7 nitrogen and oxygen atoms in total. The Labute approximate surface area is 208 Å². The van der Waals surface area contributed by atoms with Crippen molar-refractivity contribution in [3.05, 3.63) is 65.5 Å². The number of nitrogens with one attached hydrogen (secondary N) is 2. The third-order valence-corrected chi connectivity index (χ3v) is 7.21. The fourth-order valence-electron chi connectivity index (χ4n) is 3.50. The van der Waals surface area contributed by atoms with Gasteiger partial charge in [-0.15, -0.1) is 0 Å². The summed E-state index contributed by atoms with van der Waals surface area (Å²) in [6.45, 7) is 8.54. The van der Waals surface area contributed by atoms with Crippen LogP contribution in [0.4, 0.5) is 4.39 Å². The lowest BCUT2D eigenvalue weighted by atomic mass is 10.1. The molecular weight excluding hydrogens is 469 g/mol. The van der Waals surface area contributed by atoms with Gasteiger partial charge in [-0.2, -0.15) is 0 Å². The smallest absolute Gasteiger partial charge is 0.242 e. The van der Waals surface area contributed by atoms with E-state index in [0.29, 0.717) is 25.4 Å². The molecular formula is C26H36FN3O4S. The van der Waals surface area contributed by atoms with Crippen molar-refractivity contribution >= 4 is 21.8 Å². The first-order chi connectivity index (χ1) is 16.5. The van der Waals surface area contributed by atoms with Gasteiger partial charge in [0, 0.05) is 26.1 Å². The number of amides is 2. The van der Waals surface area contributed by atoms with Crippen LogP contribution >= 0.6 is 0 Å². The van der Waals surface area contributed by atoms with Gasteiger partial charge in [0.1, 0.15) is 11.9 Å². The number of sulfonamides is 1. The normalized spacial score (nSPS) is 12.4. The molecule has 0 unspecified atom stereocenters. The van der Waals surface area contributed by atoms with Gasteiger partial charge in [-0.25, -0.2) is 17.5 Å². The van der Waals surface area contributed by atoms with Crippen LogP contribution in [0, 0.1) is 11.7 Å². The molecule has 2 aromatic rings. The van der Waals surface area contributed by atoms with Crippen molar-refractivity contribution in [1.82, 2.24) is 14.9 Å². The zero-order valence-electron chi connectivity index (χ0n) is 20.9. The summed E-state index contributed by atoms with van der Waals surface area (Å²) in [6.07, 6.45) is 1.37. The van der Waals surface area contributed by atoms with Crippen LogP contribution in [0.15, 0.2) is 53.4 Å². The van der Waals surface area contributed by atoms with Gasteiger partial charge in [-0.3, -0.25) is 9.59 Å². The maximum Gasteiger partial charge on any atom is 0.242 e. The fourth-order valence-corrected chi connectivity index (χ4v) is 4.55. The molecule has 2 N–H and O–H groups in total. The Morgan fingerprint density at radius 3 is 2.14 bits per heavy atom. The van der Waals surface area contributed by atoms with Crippen LogP contribution in [-0.4, -0.2) is 44.3 Å². The van der Waals surface area contributed by atoms with Gasteiger partial charge >= 0.3 is 0 Å². The lowest BCUT2D eigenvalue weighted by Crippen LogP contribution is -2.48. The highest BCUT2D eigenvalue weighted by Gasteiger charge is 2.26. The molecule has 0 aliphatic rings. The number of aryl methyl sites for hydroxylation is 1. The van der Waals surface area contributed by atoms with Crippen LogP contribution in [-0.2, 0) is 32.6 Å². The van der Waals surface area contributed by atoms with Crippen molar-refractivity contribution in [2.75, 3.05) is 13.1 Å². The Morgan fingerprint density at radius 2 is 1.57 bits per heavy atom. The van der Waals surface area contributed by atoms with E-state index in [-0.39, 0.29) is 35.5 Å². The monoisotopic (exact) mass is 505 g/mol. The highest BCUT2D eigenvalue weighted by atomic mass is 32.2. The number of nitrogens with zero attached hydrogens (tertiary/aromatic N) is 1. The van der Waals surface area contributed by atoms with Crippen molar-refractivity contribution in [3.8, 4) is 0 Å². The topological polar surface area (TPSA) is 95.6 Å². The van der Waals surface area contributed by atoms with Crippen molar-refractivity contribution in [2.24, 2.45) is 5.92 Å². The quantitative estimate of drug-likeness (QED) is 0.435. The molecule has 0 heterocycles. The molecule has 0 aliphatic carbocycles. The van der Waals surface area contributed by atoms with Crippen LogP contribution in [0.1, 0.15) is 51.7 Å². The third kappa shape index (κ3) is 9.07. The molecule has 0 aromatic heterocycles. The van der Waals surface area contributed by atoms with Gasteiger partial charge in [0.15, 0.2) is 0 Å². The van der Waals surface area contributed by atoms with Gasteiger partial charge in [-0.1, -0.05) is 45.0 Å². The lowest BCUT2D eigenvalue weighted by Gasteiger charge is -2.29. The van der Waals surface area contributed by atoms with E-state index in [2.05, 4.69) is 23.9 Å². The molecule has 0 radical (unpaired) electrons. The second-order valence-electron chi connectivity index (χ2n) is 8.94. The molecule has 2 amide bonds. The predicted octanol–water partition coefficient (Wildman–Crippen LogP) is 3.64. The predicted molar refractivity (Wildman–Crippen MR) is 135 cm³/mol. The van der Waals surface area contributed by atoms with E-state index in [9.17, 15) is 22.4 Å². The summed E-state index contributed by atoms with van der Waals surface area (Å²) in [4.78, 5) is 27.6. The van der Waals surface area contributed by atoms with Gasteiger partial charge in [-0.05, 0) is 61.1 Å². The number of benzene rings is 2. The minimum atomic E-state index is -3.54. The molecule has 0 spiro atoms. The second-order valence-corrected chi connectivity index (χ2v) is 10.7. The van der Waals surface area contributed by atoms with E-state index in [1.807, 2.05) is 0 Å². The van der Waals surface area contributed by atoms with Gasteiger partial charge < -0.3 is 10.2 Å². The molecule has 0 saturated carbocycles. The number of hydrogen-bond donors (Lipinski definition) is 2. The number of hydrogen-bond acceptors (Lipinski definition) is 4. The molecule has 35 heavy (non-hydrogen) atoms. The highest BCUT2D eigenvalue weighted by molar-refractivity contribution is 7.89. The maximum absolute atomic E-state index is 13.3. The molecule has 0 aliphatic heterocycles. The SMILES string of the molecule is CCNS(=O)(=O)c1ccc(CCC(=O)N(Cc2ccc(F)cc2)[C@@H](C)C(=O)NCCC(C)C)cc1. The van der Waals surface area contributed by atoms with Crippen LogP contribution in [0.5, 0.6) is 0 Å². The van der Waals surface area contributed by atoms with Crippen LogP contribution in [0.3, 0.4) is 0 Å². The van der Waals surface area contributed by atoms with E-state index >= 15 is 0 Å². The molecule has 2 aromatic carbocycles. The molecule has 192 valence electrons. The molecule has 0 fully saturated rings. The minimum Gasteiger partial charge on any atom is -0.354 e. The first-order valence-electron chi connectivity index (χ1n) is 11.9. The fraction of sp³-hybridized carbons (Fsp3) is 0.462. The van der Waals surface area contributed by atoms with Gasteiger partial charge in [0.05, 0.1) is 4.90 Å². The first-order valence-corrected chi connectivity index (χ1v) is 13.4. The number of rotatable bonds is 13. The van der Waals surface area contributed by atoms with Crippen molar-refractivity contribution < 1.29 is 22.4 Å². The van der Waals surface area contributed by atoms with Crippen molar-refractivity contribution in [1.29, 1.82) is 0 Å². The van der Waals surface area contributed by atoms with Gasteiger partial charge in [0.25, 0.3) is 0 Å². The molecule has 0 bridgehead atoms. The van der Waals surface area contributed by atoms with E-state index in [4.69, 9.17) is 0 Å². The standard InChI is InChI=1S/C26H36FN3O4S/c1-5-29-35(33,34)24-13-8-21(9-14-24)10-15-25(31)30(18-22-6-11-23(27)12-7-22)20(4)26(32)28-17-16-19(2)3/h6-9,11-14,19-20,29H,5,10,15-18H2,1-4H3,(H,28,32)/t20-/m0/s1. The Bertz CT molecular complexity index is 1070. The minimum absolute atomic E-state index is 0.143. The number of halogens is 1. The summed E-state index contributed by atoms with van der Waals surface area (Å²) in [5.41, 5.74) is 1.53. The van der Waals surface area contributed by atoms with E-state index in [1.165, 1.54) is 29.2 Å². The van der Waals surface area contributed by atoms with Gasteiger partial charge in [0.2, 0.25) is 21.8 Å². The molecule has 0 saturated heterocycles. The Morgan fingerprint density at radius 1 is 0.971 bits per heavy atom. The maximum atomic E-state index is 13.3. The second kappa shape index (κ2) is 13.3. The zero-order valence-corrected chi connectivity index (χ0v) is 21.7. The average molecular weight is 506 g/mol. The van der Waals surface area contributed by atoms with Crippen molar-refractivity contribution in [2.45, 2.75) is 64.4 Å². The summed E-state index contributed by atoms with van der Waals surface area (Å²) in [5, 5.41) is 2.89. The van der Waals surface area contributed by atoms with E-state index in [1.54, 1.807) is 38.1 Å². The Kier molecular flexibility index (Phi) is 10.9. The van der Waals surface area contributed by atoms with E-state index < -0.39 is 16.1 Å². The molecule has 9 heteroatoms. The van der Waals surface area contributed by atoms with E-state index in [0.717, 1.165) is 17.5 Å². The summed E-state index contributed by atoms with van der Waals surface area (Å²) in [7, 11) is -3.54. The highest BCUT2D eigenvalue weighted by Crippen LogP contribution is 2.16. The van der Waals surface area contributed by atoms with Crippen molar-refractivity contribution in [3.63, 3.8) is 0 Å². The Balaban J connectivity index is 2.10. The summed E-state index contributed by atoms with van der Waals surface area (Å²) >= 11 is 0. The molecule has 1 atom stereocenters. The lowest BCUT2D eigenvalue weighted by molar-refractivity contribution is -0.140. The first kappa shape index (κ1) is 28.5. The summed E-state index contributed by atoms with van der Waals surface area (Å²) < 4.78 is 40.0. The summed E-state index contributed by atoms with van der Waals surface area (Å²) in [5.74, 6) is -0.378. The third-order valence-electron chi connectivity index (χ3n) is 5.65. The Hall–Kier alpha value is -2.78. The van der Waals surface area contributed by atoms with Crippen LogP contribution in [0.25, 0.3) is 0 Å². The number of carbonyl (C=O) groups is 2. The molecule has 2 rings (SSSR count).